The van der Waals surface area contributed by atoms with E-state index < -0.39 is 6.09 Å². The lowest BCUT2D eigenvalue weighted by molar-refractivity contribution is 0.101. The van der Waals surface area contributed by atoms with E-state index in [4.69, 9.17) is 14.6 Å². The smallest absolute Gasteiger partial charge is 0.409 e. The number of Topliss-reactive ketones (excluding diaryl/α,β-unsaturated/α-hetero) is 1. The highest BCUT2D eigenvalue weighted by molar-refractivity contribution is 6.15. The number of carbonyl (C=O) groups excluding carboxylic acids is 1. The summed E-state index contributed by atoms with van der Waals surface area (Å²) in [6.07, 6.45) is 3.56. The fraction of sp³-hybridized carbons (Fsp3) is 0.250. The van der Waals surface area contributed by atoms with Crippen LogP contribution in [0.2, 0.25) is 0 Å². The van der Waals surface area contributed by atoms with Crippen LogP contribution in [-0.4, -0.2) is 54.2 Å². The number of aryl methyl sites for hydroxylation is 1. The van der Waals surface area contributed by atoms with Gasteiger partial charge in [0.2, 0.25) is 5.78 Å². The van der Waals surface area contributed by atoms with E-state index in [1.807, 2.05) is 38.5 Å². The van der Waals surface area contributed by atoms with E-state index in [1.54, 1.807) is 25.3 Å². The second-order valence-corrected chi connectivity index (χ2v) is 7.90. The summed E-state index contributed by atoms with van der Waals surface area (Å²) >= 11 is 0. The molecule has 0 spiro atoms. The molecule has 1 aliphatic rings. The third-order valence-corrected chi connectivity index (χ3v) is 5.33. The van der Waals surface area contributed by atoms with Gasteiger partial charge in [-0.3, -0.25) is 10.1 Å². The molecule has 0 fully saturated rings. The molecule has 1 amide bonds. The normalized spacial score (nSPS) is 14.1. The number of aromatic nitrogens is 1. The molecule has 166 valence electrons. The predicted molar refractivity (Wildman–Crippen MR) is 123 cm³/mol. The number of amides is 1. The molecular formula is C24H25N3O5. The summed E-state index contributed by atoms with van der Waals surface area (Å²) in [5, 5.41) is 12.1. The van der Waals surface area contributed by atoms with Crippen molar-refractivity contribution in [3.8, 4) is 11.5 Å². The predicted octanol–water partition coefficient (Wildman–Crippen LogP) is 4.31. The Balaban J connectivity index is 1.69. The number of hydrogen-bond donors (Lipinski definition) is 2. The maximum atomic E-state index is 12.9. The Bertz CT molecular complexity index is 1230. The van der Waals surface area contributed by atoms with Crippen molar-refractivity contribution in [1.29, 1.82) is 0 Å². The summed E-state index contributed by atoms with van der Waals surface area (Å²) < 4.78 is 13.4. The van der Waals surface area contributed by atoms with Gasteiger partial charge in [0.25, 0.3) is 0 Å². The number of benzene rings is 2. The number of ether oxygens (including phenoxy) is 2. The number of anilines is 1. The second kappa shape index (κ2) is 8.76. The molecule has 2 N–H and O–H groups in total. The van der Waals surface area contributed by atoms with E-state index in [1.165, 1.54) is 6.07 Å². The maximum Gasteiger partial charge on any atom is 0.409 e. The molecule has 0 radical (unpaired) electrons. The molecular weight excluding hydrogens is 410 g/mol. The van der Waals surface area contributed by atoms with Crippen molar-refractivity contribution < 1.29 is 24.2 Å². The lowest BCUT2D eigenvalue weighted by atomic mass is 10.1. The number of ketones is 1. The SMILES string of the molecule is COc1ccc2c(c1)c(/C=C1\Oc3cc(NC(=O)O)ccc3C1=O)cn2CCCN(C)C. The lowest BCUT2D eigenvalue weighted by Gasteiger charge is -2.10. The zero-order valence-corrected chi connectivity index (χ0v) is 18.2. The molecule has 8 nitrogen and oxygen atoms in total. The topological polar surface area (TPSA) is 93.0 Å². The van der Waals surface area contributed by atoms with Gasteiger partial charge in [-0.2, -0.15) is 0 Å². The third kappa shape index (κ3) is 4.31. The van der Waals surface area contributed by atoms with Crippen molar-refractivity contribution in [2.75, 3.05) is 33.1 Å². The first-order valence-corrected chi connectivity index (χ1v) is 10.3. The third-order valence-electron chi connectivity index (χ3n) is 5.33. The van der Waals surface area contributed by atoms with Gasteiger partial charge < -0.3 is 24.0 Å². The van der Waals surface area contributed by atoms with Gasteiger partial charge in [0.15, 0.2) is 5.76 Å². The van der Waals surface area contributed by atoms with E-state index in [0.29, 0.717) is 17.0 Å². The minimum atomic E-state index is -1.18. The van der Waals surface area contributed by atoms with E-state index in [9.17, 15) is 9.59 Å². The van der Waals surface area contributed by atoms with Gasteiger partial charge in [0.05, 0.1) is 12.7 Å². The summed E-state index contributed by atoms with van der Waals surface area (Å²) in [5.74, 6) is 1.02. The van der Waals surface area contributed by atoms with Gasteiger partial charge in [0.1, 0.15) is 11.5 Å². The van der Waals surface area contributed by atoms with Crippen molar-refractivity contribution in [3.05, 3.63) is 59.5 Å². The Morgan fingerprint density at radius 1 is 1.25 bits per heavy atom. The number of methoxy groups -OCH3 is 1. The van der Waals surface area contributed by atoms with Crippen LogP contribution in [0.1, 0.15) is 22.3 Å². The van der Waals surface area contributed by atoms with Crippen LogP contribution >= 0.6 is 0 Å². The molecule has 3 aromatic rings. The molecule has 2 aromatic carbocycles. The average Bonchev–Trinajstić information content (AvgIpc) is 3.24. The maximum absolute atomic E-state index is 12.9. The molecule has 0 aliphatic carbocycles. The number of fused-ring (bicyclic) bond motifs is 2. The molecule has 1 aliphatic heterocycles. The highest BCUT2D eigenvalue weighted by Gasteiger charge is 2.28. The number of hydrogen-bond acceptors (Lipinski definition) is 5. The molecule has 0 saturated carbocycles. The molecule has 32 heavy (non-hydrogen) atoms. The molecule has 0 atom stereocenters. The largest absolute Gasteiger partial charge is 0.497 e. The molecule has 4 rings (SSSR count). The van der Waals surface area contributed by atoms with Crippen LogP contribution in [0.5, 0.6) is 11.5 Å². The van der Waals surface area contributed by atoms with Crippen LogP contribution in [0.3, 0.4) is 0 Å². The summed E-state index contributed by atoms with van der Waals surface area (Å²) in [6, 6.07) is 10.5. The van der Waals surface area contributed by atoms with Crippen molar-refractivity contribution in [1.82, 2.24) is 9.47 Å². The Kier molecular flexibility index (Phi) is 5.87. The Morgan fingerprint density at radius 2 is 2.06 bits per heavy atom. The van der Waals surface area contributed by atoms with Crippen LogP contribution in [-0.2, 0) is 6.54 Å². The number of nitrogens with zero attached hydrogens (tertiary/aromatic N) is 2. The second-order valence-electron chi connectivity index (χ2n) is 7.90. The van der Waals surface area contributed by atoms with Gasteiger partial charge in [-0.1, -0.05) is 0 Å². The van der Waals surface area contributed by atoms with Crippen molar-refractivity contribution >= 4 is 34.5 Å². The van der Waals surface area contributed by atoms with Crippen molar-refractivity contribution in [2.45, 2.75) is 13.0 Å². The molecule has 1 aromatic heterocycles. The highest BCUT2D eigenvalue weighted by atomic mass is 16.5. The van der Waals surface area contributed by atoms with E-state index in [2.05, 4.69) is 14.8 Å². The fourth-order valence-electron chi connectivity index (χ4n) is 3.82. The molecule has 0 unspecified atom stereocenters. The number of carbonyl (C=O) groups is 2. The standard InChI is InChI=1S/C24H25N3O5/c1-26(2)9-4-10-27-14-15(19-13-17(31-3)6-8-20(19)27)11-22-23(28)18-7-5-16(25-24(29)30)12-21(18)32-22/h5-8,11-14,25H,4,9-10H2,1-3H3,(H,29,30)/b22-11-. The van der Waals surface area contributed by atoms with E-state index in [-0.39, 0.29) is 11.5 Å². The minimum absolute atomic E-state index is 0.197. The monoisotopic (exact) mass is 435 g/mol. The molecule has 0 bridgehead atoms. The van der Waals surface area contributed by atoms with Crippen molar-refractivity contribution in [3.63, 3.8) is 0 Å². The summed E-state index contributed by atoms with van der Waals surface area (Å²) in [6.45, 7) is 1.80. The van der Waals surface area contributed by atoms with Crippen LogP contribution < -0.4 is 14.8 Å². The van der Waals surface area contributed by atoms with Gasteiger partial charge in [0, 0.05) is 41.0 Å². The summed E-state index contributed by atoms with van der Waals surface area (Å²) in [4.78, 5) is 25.9. The van der Waals surface area contributed by atoms with Gasteiger partial charge in [-0.05, 0) is 63.5 Å². The Hall–Kier alpha value is -3.78. The quantitative estimate of drug-likeness (QED) is 0.538. The summed E-state index contributed by atoms with van der Waals surface area (Å²) in [7, 11) is 5.72. The zero-order valence-electron chi connectivity index (χ0n) is 18.2. The molecule has 8 heteroatoms. The Morgan fingerprint density at radius 3 is 2.78 bits per heavy atom. The Labute approximate surface area is 185 Å². The first-order valence-electron chi connectivity index (χ1n) is 10.3. The first kappa shape index (κ1) is 21.5. The number of nitrogens with one attached hydrogen (secondary N) is 1. The minimum Gasteiger partial charge on any atom is -0.497 e. The average molecular weight is 435 g/mol. The van der Waals surface area contributed by atoms with Gasteiger partial charge in [-0.25, -0.2) is 4.79 Å². The molecule has 0 saturated heterocycles. The lowest BCUT2D eigenvalue weighted by Crippen LogP contribution is -2.14. The van der Waals surface area contributed by atoms with Gasteiger partial charge in [-0.15, -0.1) is 0 Å². The number of carboxylic acid groups (broad SMARTS) is 1. The summed E-state index contributed by atoms with van der Waals surface area (Å²) in [5.41, 5.74) is 2.64. The van der Waals surface area contributed by atoms with Gasteiger partial charge >= 0.3 is 6.09 Å². The number of rotatable bonds is 7. The van der Waals surface area contributed by atoms with E-state index >= 15 is 0 Å². The van der Waals surface area contributed by atoms with Crippen LogP contribution in [0.4, 0.5) is 10.5 Å². The van der Waals surface area contributed by atoms with Crippen LogP contribution in [0, 0.1) is 0 Å². The first-order chi connectivity index (χ1) is 15.4. The number of allylic oxidation sites excluding steroid dienone is 1. The molecule has 2 heterocycles. The van der Waals surface area contributed by atoms with Crippen molar-refractivity contribution in [2.24, 2.45) is 0 Å². The van der Waals surface area contributed by atoms with E-state index in [0.717, 1.165) is 41.7 Å². The highest BCUT2D eigenvalue weighted by Crippen LogP contribution is 2.35. The fourth-order valence-corrected chi connectivity index (χ4v) is 3.82. The zero-order chi connectivity index (χ0) is 22.8. The van der Waals surface area contributed by atoms with Crippen LogP contribution in [0.15, 0.2) is 48.4 Å². The van der Waals surface area contributed by atoms with Crippen LogP contribution in [0.25, 0.3) is 17.0 Å².